The highest BCUT2D eigenvalue weighted by Crippen LogP contribution is 2.26. The van der Waals surface area contributed by atoms with Gasteiger partial charge in [0.15, 0.2) is 0 Å². The van der Waals surface area contributed by atoms with Gasteiger partial charge in [0.05, 0.1) is 12.2 Å². The number of halogens is 1. The van der Waals surface area contributed by atoms with Crippen molar-refractivity contribution in [3.05, 3.63) is 41.8 Å². The van der Waals surface area contributed by atoms with E-state index in [2.05, 4.69) is 10.4 Å². The van der Waals surface area contributed by atoms with Crippen LogP contribution < -0.4 is 10.2 Å². The van der Waals surface area contributed by atoms with Gasteiger partial charge in [0.1, 0.15) is 17.7 Å². The number of amides is 2. The largest absolute Gasteiger partial charge is 0.324 e. The molecule has 0 saturated heterocycles. The maximum atomic E-state index is 13.0. The van der Waals surface area contributed by atoms with Crippen molar-refractivity contribution >= 4 is 23.3 Å². The number of carbonyl (C=O) groups excluding carboxylic acids is 2. The summed E-state index contributed by atoms with van der Waals surface area (Å²) in [6.45, 7) is 4.23. The Morgan fingerprint density at radius 1 is 1.38 bits per heavy atom. The van der Waals surface area contributed by atoms with Gasteiger partial charge in [0, 0.05) is 18.2 Å². The molecule has 0 spiro atoms. The predicted molar refractivity (Wildman–Crippen MR) is 88.2 cm³/mol. The average molecular weight is 330 g/mol. The molecule has 1 N–H and O–H groups in total. The third-order valence-electron chi connectivity index (χ3n) is 4.05. The molecule has 2 heterocycles. The highest BCUT2D eigenvalue weighted by atomic mass is 19.1. The first-order valence-electron chi connectivity index (χ1n) is 7.92. The molecule has 0 aliphatic carbocycles. The lowest BCUT2D eigenvalue weighted by atomic mass is 10.1. The molecule has 1 atom stereocenters. The Kier molecular flexibility index (Phi) is 4.33. The minimum atomic E-state index is -0.641. The molecular weight excluding hydrogens is 311 g/mol. The summed E-state index contributed by atoms with van der Waals surface area (Å²) < 4.78 is 14.7. The minimum absolute atomic E-state index is 0.0940. The molecular formula is C17H19FN4O2. The van der Waals surface area contributed by atoms with Crippen molar-refractivity contribution in [1.29, 1.82) is 0 Å². The van der Waals surface area contributed by atoms with Gasteiger partial charge >= 0.3 is 0 Å². The number of hydrogen-bond donors (Lipinski definition) is 1. The van der Waals surface area contributed by atoms with Crippen molar-refractivity contribution in [1.82, 2.24) is 9.78 Å². The van der Waals surface area contributed by atoms with Crippen LogP contribution >= 0.6 is 0 Å². The van der Waals surface area contributed by atoms with Crippen LogP contribution in [0.2, 0.25) is 0 Å². The zero-order valence-corrected chi connectivity index (χ0v) is 13.6. The van der Waals surface area contributed by atoms with E-state index in [1.165, 1.54) is 29.2 Å². The van der Waals surface area contributed by atoms with Crippen LogP contribution in [0.3, 0.4) is 0 Å². The van der Waals surface area contributed by atoms with Crippen molar-refractivity contribution in [3.8, 4) is 0 Å². The Balaban J connectivity index is 1.86. The minimum Gasteiger partial charge on any atom is -0.324 e. The Hall–Kier alpha value is -2.70. The molecule has 0 radical (unpaired) electrons. The summed E-state index contributed by atoms with van der Waals surface area (Å²) in [4.78, 5) is 26.6. The molecule has 7 heteroatoms. The number of nitrogens with zero attached hydrogens (tertiary/aromatic N) is 3. The molecule has 0 fully saturated rings. The summed E-state index contributed by atoms with van der Waals surface area (Å²) in [7, 11) is 0. The Morgan fingerprint density at radius 2 is 2.08 bits per heavy atom. The second kappa shape index (κ2) is 6.43. The second-order valence-corrected chi connectivity index (χ2v) is 5.80. The fourth-order valence-electron chi connectivity index (χ4n) is 2.92. The number of aromatic nitrogens is 2. The van der Waals surface area contributed by atoms with Gasteiger partial charge in [-0.2, -0.15) is 5.10 Å². The van der Waals surface area contributed by atoms with Crippen LogP contribution in [0.1, 0.15) is 25.5 Å². The van der Waals surface area contributed by atoms with Crippen LogP contribution in [-0.2, 0) is 16.1 Å². The van der Waals surface area contributed by atoms with E-state index >= 15 is 0 Å². The second-order valence-electron chi connectivity index (χ2n) is 5.80. The van der Waals surface area contributed by atoms with Gasteiger partial charge in [0.2, 0.25) is 11.8 Å². The first-order valence-corrected chi connectivity index (χ1v) is 7.92. The molecule has 24 heavy (non-hydrogen) atoms. The van der Waals surface area contributed by atoms with Gasteiger partial charge < -0.3 is 5.32 Å². The van der Waals surface area contributed by atoms with Crippen LogP contribution in [0.4, 0.5) is 15.9 Å². The fourth-order valence-corrected chi connectivity index (χ4v) is 2.92. The quantitative estimate of drug-likeness (QED) is 0.936. The smallest absolute Gasteiger partial charge is 0.247 e. The van der Waals surface area contributed by atoms with E-state index in [9.17, 15) is 14.0 Å². The number of aryl methyl sites for hydroxylation is 2. The summed E-state index contributed by atoms with van der Waals surface area (Å²) in [5.74, 6) is -0.122. The van der Waals surface area contributed by atoms with Gasteiger partial charge in [-0.15, -0.1) is 0 Å². The highest BCUT2D eigenvalue weighted by molar-refractivity contribution is 6.05. The first-order chi connectivity index (χ1) is 11.5. The van der Waals surface area contributed by atoms with E-state index in [0.29, 0.717) is 30.9 Å². The lowest BCUT2D eigenvalue weighted by molar-refractivity contribution is -0.124. The van der Waals surface area contributed by atoms with Crippen molar-refractivity contribution in [3.63, 3.8) is 0 Å². The molecule has 0 bridgehead atoms. The Morgan fingerprint density at radius 3 is 2.75 bits per heavy atom. The fraction of sp³-hybridized carbons (Fsp3) is 0.353. The van der Waals surface area contributed by atoms with E-state index < -0.39 is 6.04 Å². The van der Waals surface area contributed by atoms with Gasteiger partial charge in [0.25, 0.3) is 0 Å². The summed E-state index contributed by atoms with van der Waals surface area (Å²) >= 11 is 0. The molecule has 6 nitrogen and oxygen atoms in total. The van der Waals surface area contributed by atoms with E-state index in [1.807, 2.05) is 19.9 Å². The summed E-state index contributed by atoms with van der Waals surface area (Å²) in [6, 6.07) is 6.71. The van der Waals surface area contributed by atoms with E-state index in [1.54, 1.807) is 4.68 Å². The topological polar surface area (TPSA) is 67.2 Å². The number of hydrogen-bond acceptors (Lipinski definition) is 3. The maximum absolute atomic E-state index is 13.0. The molecule has 1 aliphatic rings. The molecule has 0 unspecified atom stereocenters. The predicted octanol–water partition coefficient (Wildman–Crippen LogP) is 2.48. The zero-order chi connectivity index (χ0) is 17.3. The van der Waals surface area contributed by atoms with Gasteiger partial charge in [-0.1, -0.05) is 6.92 Å². The molecule has 2 aromatic rings. The SMILES string of the molecule is CC[C@@H](C(=O)Nc1ccc(F)cc1)N1C(=O)CCn2nc(C)cc21. The highest BCUT2D eigenvalue weighted by Gasteiger charge is 2.34. The summed E-state index contributed by atoms with van der Waals surface area (Å²) in [6.07, 6.45) is 0.775. The number of nitrogens with one attached hydrogen (secondary N) is 1. The first kappa shape index (κ1) is 16.2. The number of rotatable bonds is 4. The van der Waals surface area contributed by atoms with Crippen molar-refractivity contribution in [2.24, 2.45) is 0 Å². The van der Waals surface area contributed by atoms with Crippen LogP contribution in [0.15, 0.2) is 30.3 Å². The van der Waals surface area contributed by atoms with E-state index in [-0.39, 0.29) is 17.6 Å². The maximum Gasteiger partial charge on any atom is 0.247 e. The average Bonchev–Trinajstić information content (AvgIpc) is 2.93. The normalized spacial score (nSPS) is 15.1. The molecule has 3 rings (SSSR count). The van der Waals surface area contributed by atoms with E-state index in [4.69, 9.17) is 0 Å². The zero-order valence-electron chi connectivity index (χ0n) is 13.6. The molecule has 2 amide bonds. The lowest BCUT2D eigenvalue weighted by Crippen LogP contribution is -2.50. The summed E-state index contributed by atoms with van der Waals surface area (Å²) in [5, 5.41) is 7.10. The molecule has 1 aromatic heterocycles. The van der Waals surface area contributed by atoms with Crippen LogP contribution in [0, 0.1) is 12.7 Å². The number of carbonyl (C=O) groups is 2. The standard InChI is InChI=1S/C17H19FN4O2/c1-3-14(17(24)19-13-6-4-12(18)5-7-13)22-15-10-11(2)20-21(15)9-8-16(22)23/h4-7,10,14H,3,8-9H2,1-2H3,(H,19,24)/t14-/m0/s1. The van der Waals surface area contributed by atoms with Crippen LogP contribution in [-0.4, -0.2) is 27.6 Å². The Bertz CT molecular complexity index is 769. The van der Waals surface area contributed by atoms with Crippen molar-refractivity contribution in [2.75, 3.05) is 10.2 Å². The van der Waals surface area contributed by atoms with Crippen molar-refractivity contribution in [2.45, 2.75) is 39.3 Å². The van der Waals surface area contributed by atoms with Gasteiger partial charge in [-0.25, -0.2) is 9.07 Å². The molecule has 0 saturated carbocycles. The monoisotopic (exact) mass is 330 g/mol. The van der Waals surface area contributed by atoms with Gasteiger partial charge in [-0.05, 0) is 37.6 Å². The number of fused-ring (bicyclic) bond motifs is 1. The molecule has 1 aromatic carbocycles. The summed E-state index contributed by atoms with van der Waals surface area (Å²) in [5.41, 5.74) is 1.30. The van der Waals surface area contributed by atoms with Crippen molar-refractivity contribution < 1.29 is 14.0 Å². The van der Waals surface area contributed by atoms with Crippen LogP contribution in [0.25, 0.3) is 0 Å². The number of benzene rings is 1. The van der Waals surface area contributed by atoms with Gasteiger partial charge in [-0.3, -0.25) is 14.5 Å². The molecule has 1 aliphatic heterocycles. The third kappa shape index (κ3) is 3.02. The lowest BCUT2D eigenvalue weighted by Gasteiger charge is -2.33. The molecule has 126 valence electrons. The van der Waals surface area contributed by atoms with E-state index in [0.717, 1.165) is 5.69 Å². The Labute approximate surface area is 139 Å². The third-order valence-corrected chi connectivity index (χ3v) is 4.05. The number of anilines is 2. The van der Waals surface area contributed by atoms with Crippen LogP contribution in [0.5, 0.6) is 0 Å².